The molecule has 2 aromatic carbocycles. The minimum absolute atomic E-state index is 0.0253. The van der Waals surface area contributed by atoms with Crippen LogP contribution in [0.3, 0.4) is 0 Å². The molecular weight excluding hydrogens is 378 g/mol. The normalized spacial score (nSPS) is 18.2. The summed E-state index contributed by atoms with van der Waals surface area (Å²) < 4.78 is 11.5. The van der Waals surface area contributed by atoms with Crippen LogP contribution in [-0.2, 0) is 11.2 Å². The predicted octanol–water partition coefficient (Wildman–Crippen LogP) is 4.74. The average molecular weight is 408 g/mol. The van der Waals surface area contributed by atoms with Crippen LogP contribution in [0.4, 0.5) is 0 Å². The van der Waals surface area contributed by atoms with Gasteiger partial charge in [0.1, 0.15) is 0 Å². The number of ketones is 1. The fourth-order valence-electron chi connectivity index (χ4n) is 4.23. The van der Waals surface area contributed by atoms with Gasteiger partial charge in [-0.05, 0) is 42.5 Å². The first-order valence-corrected chi connectivity index (χ1v) is 11.0. The van der Waals surface area contributed by atoms with Gasteiger partial charge in [-0.25, -0.2) is 0 Å². The number of likely N-dealkylation sites (tertiary alicyclic amines) is 1. The second-order valence-corrected chi connectivity index (χ2v) is 7.98. The van der Waals surface area contributed by atoms with Gasteiger partial charge in [0.2, 0.25) is 5.91 Å². The quantitative estimate of drug-likeness (QED) is 0.649. The number of aryl methyl sites for hydroxylation is 1. The monoisotopic (exact) mass is 407 g/mol. The Morgan fingerprint density at radius 3 is 2.50 bits per heavy atom. The van der Waals surface area contributed by atoms with Crippen LogP contribution in [-0.4, -0.2) is 36.3 Å². The molecule has 0 aliphatic carbocycles. The summed E-state index contributed by atoms with van der Waals surface area (Å²) in [4.78, 5) is 27.4. The third kappa shape index (κ3) is 4.50. The van der Waals surface area contributed by atoms with Crippen LogP contribution in [0.2, 0.25) is 0 Å². The summed E-state index contributed by atoms with van der Waals surface area (Å²) in [7, 11) is 0. The zero-order valence-corrected chi connectivity index (χ0v) is 17.6. The Balaban J connectivity index is 1.40. The lowest BCUT2D eigenvalue weighted by Gasteiger charge is -2.25. The van der Waals surface area contributed by atoms with Crippen LogP contribution in [0.5, 0.6) is 11.5 Å². The number of fused-ring (bicyclic) bond motifs is 1. The summed E-state index contributed by atoms with van der Waals surface area (Å²) >= 11 is 0. The summed E-state index contributed by atoms with van der Waals surface area (Å²) in [6.07, 6.45) is 4.20. The molecule has 5 heteroatoms. The van der Waals surface area contributed by atoms with Crippen molar-refractivity contribution in [1.29, 1.82) is 0 Å². The lowest BCUT2D eigenvalue weighted by Crippen LogP contribution is -2.30. The first kappa shape index (κ1) is 20.5. The Morgan fingerprint density at radius 1 is 0.967 bits per heavy atom. The van der Waals surface area contributed by atoms with Crippen LogP contribution < -0.4 is 9.47 Å². The summed E-state index contributed by atoms with van der Waals surface area (Å²) in [5, 5.41) is 0. The zero-order chi connectivity index (χ0) is 20.9. The first-order valence-electron chi connectivity index (χ1n) is 11.0. The summed E-state index contributed by atoms with van der Waals surface area (Å²) in [6, 6.07) is 13.7. The number of nitrogens with zero attached hydrogens (tertiary/aromatic N) is 1. The maximum absolute atomic E-state index is 12.9. The van der Waals surface area contributed by atoms with Gasteiger partial charge in [-0.2, -0.15) is 0 Å². The summed E-state index contributed by atoms with van der Waals surface area (Å²) in [6.45, 7) is 4.13. The number of ether oxygens (including phenoxy) is 2. The van der Waals surface area contributed by atoms with E-state index >= 15 is 0 Å². The summed E-state index contributed by atoms with van der Waals surface area (Å²) in [5.74, 6) is 1.60. The minimum atomic E-state index is 0.0253. The molecular formula is C25H29NO4. The van der Waals surface area contributed by atoms with Crippen LogP contribution in [0.1, 0.15) is 66.6 Å². The molecule has 4 rings (SSSR count). The number of rotatable bonds is 6. The zero-order valence-electron chi connectivity index (χ0n) is 17.6. The number of amides is 1. The van der Waals surface area contributed by atoms with Crippen LogP contribution in [0.25, 0.3) is 0 Å². The van der Waals surface area contributed by atoms with Gasteiger partial charge in [-0.1, -0.05) is 37.3 Å². The Morgan fingerprint density at radius 2 is 1.73 bits per heavy atom. The van der Waals surface area contributed by atoms with E-state index in [1.54, 1.807) is 0 Å². The topological polar surface area (TPSA) is 55.8 Å². The molecule has 1 unspecified atom stereocenters. The number of carbonyl (C=O) groups excluding carboxylic acids is 2. The van der Waals surface area contributed by atoms with Crippen molar-refractivity contribution >= 4 is 11.7 Å². The molecule has 0 radical (unpaired) electrons. The third-order valence-corrected chi connectivity index (χ3v) is 5.98. The Labute approximate surface area is 178 Å². The smallest absolute Gasteiger partial charge is 0.223 e. The second-order valence-electron chi connectivity index (χ2n) is 7.98. The Bertz CT molecular complexity index is 906. The van der Waals surface area contributed by atoms with Crippen molar-refractivity contribution in [3.8, 4) is 11.5 Å². The number of benzene rings is 2. The summed E-state index contributed by atoms with van der Waals surface area (Å²) in [5.41, 5.74) is 2.96. The van der Waals surface area contributed by atoms with Crippen molar-refractivity contribution in [1.82, 2.24) is 4.90 Å². The second kappa shape index (κ2) is 9.33. The molecule has 30 heavy (non-hydrogen) atoms. The average Bonchev–Trinajstić information content (AvgIpc) is 3.16. The van der Waals surface area contributed by atoms with Gasteiger partial charge in [0.15, 0.2) is 17.3 Å². The van der Waals surface area contributed by atoms with Crippen molar-refractivity contribution in [3.05, 3.63) is 59.2 Å². The van der Waals surface area contributed by atoms with E-state index in [9.17, 15) is 9.59 Å². The molecule has 2 heterocycles. The van der Waals surface area contributed by atoms with Crippen molar-refractivity contribution in [2.24, 2.45) is 0 Å². The highest BCUT2D eigenvalue weighted by Gasteiger charge is 2.30. The van der Waals surface area contributed by atoms with Crippen LogP contribution in [0.15, 0.2) is 42.5 Å². The Kier molecular flexibility index (Phi) is 6.36. The van der Waals surface area contributed by atoms with E-state index in [-0.39, 0.29) is 30.6 Å². The van der Waals surface area contributed by atoms with Gasteiger partial charge >= 0.3 is 0 Å². The van der Waals surface area contributed by atoms with Crippen molar-refractivity contribution in [2.75, 3.05) is 19.8 Å². The van der Waals surface area contributed by atoms with Crippen molar-refractivity contribution in [3.63, 3.8) is 0 Å². The third-order valence-electron chi connectivity index (χ3n) is 5.98. The molecule has 1 atom stereocenters. The van der Waals surface area contributed by atoms with E-state index in [4.69, 9.17) is 9.47 Å². The van der Waals surface area contributed by atoms with Gasteiger partial charge in [0.05, 0.1) is 19.3 Å². The number of Topliss-reactive ketones (excluding diaryl/α,β-unsaturated/α-hetero) is 1. The molecule has 0 aromatic heterocycles. The van der Waals surface area contributed by atoms with Gasteiger partial charge < -0.3 is 14.4 Å². The van der Waals surface area contributed by atoms with E-state index in [1.807, 2.05) is 47.4 Å². The first-order chi connectivity index (χ1) is 14.7. The molecule has 0 saturated carbocycles. The lowest BCUT2D eigenvalue weighted by molar-refractivity contribution is -0.132. The highest BCUT2D eigenvalue weighted by molar-refractivity contribution is 5.98. The van der Waals surface area contributed by atoms with Crippen molar-refractivity contribution < 1.29 is 19.1 Å². The molecule has 1 amide bonds. The van der Waals surface area contributed by atoms with Gasteiger partial charge in [0, 0.05) is 31.4 Å². The standard InChI is InChI=1S/C25H29NO4/c1-2-18-6-8-19(9-7-18)22(27)11-13-25(28)26-14-3-5-21(26)20-10-12-23-24(17-20)30-16-4-15-29-23/h6-10,12,17,21H,2-5,11,13-16H2,1H3. The lowest BCUT2D eigenvalue weighted by atomic mass is 10.0. The molecule has 0 spiro atoms. The predicted molar refractivity (Wildman–Crippen MR) is 115 cm³/mol. The van der Waals surface area contributed by atoms with Gasteiger partial charge in [-0.3, -0.25) is 9.59 Å². The molecule has 2 aliphatic rings. The Hall–Kier alpha value is -2.82. The molecule has 1 fully saturated rings. The highest BCUT2D eigenvalue weighted by atomic mass is 16.5. The molecule has 0 N–H and O–H groups in total. The van der Waals surface area contributed by atoms with E-state index in [0.717, 1.165) is 49.3 Å². The number of carbonyl (C=O) groups is 2. The molecule has 1 saturated heterocycles. The SMILES string of the molecule is CCc1ccc(C(=O)CCC(=O)N2CCCC2c2ccc3c(c2)OCCCO3)cc1. The fraction of sp³-hybridized carbons (Fsp3) is 0.440. The number of hydrogen-bond donors (Lipinski definition) is 0. The van der Waals surface area contributed by atoms with E-state index in [1.165, 1.54) is 5.56 Å². The van der Waals surface area contributed by atoms with Crippen molar-refractivity contribution in [2.45, 2.75) is 51.5 Å². The molecule has 158 valence electrons. The molecule has 0 bridgehead atoms. The molecule has 2 aliphatic heterocycles. The maximum atomic E-state index is 12.9. The fourth-order valence-corrected chi connectivity index (χ4v) is 4.23. The molecule has 2 aromatic rings. The van der Waals surface area contributed by atoms with E-state index in [0.29, 0.717) is 18.8 Å². The maximum Gasteiger partial charge on any atom is 0.223 e. The van der Waals surface area contributed by atoms with E-state index < -0.39 is 0 Å². The van der Waals surface area contributed by atoms with Gasteiger partial charge in [0.25, 0.3) is 0 Å². The largest absolute Gasteiger partial charge is 0.490 e. The van der Waals surface area contributed by atoms with Crippen LogP contribution in [0, 0.1) is 0 Å². The number of hydrogen-bond acceptors (Lipinski definition) is 4. The molecule has 5 nitrogen and oxygen atoms in total. The van der Waals surface area contributed by atoms with Gasteiger partial charge in [-0.15, -0.1) is 0 Å². The van der Waals surface area contributed by atoms with Crippen LogP contribution >= 0.6 is 0 Å². The minimum Gasteiger partial charge on any atom is -0.490 e. The highest BCUT2D eigenvalue weighted by Crippen LogP contribution is 2.38. The van der Waals surface area contributed by atoms with E-state index in [2.05, 4.69) is 6.92 Å².